The summed E-state index contributed by atoms with van der Waals surface area (Å²) >= 11 is 0. The zero-order chi connectivity index (χ0) is 8.20. The Balaban J connectivity index is 3.75. The van der Waals surface area contributed by atoms with Crippen LogP contribution in [-0.2, 0) is 10.0 Å². The van der Waals surface area contributed by atoms with Gasteiger partial charge in [0, 0.05) is 13.6 Å². The second-order valence-electron chi connectivity index (χ2n) is 2.06. The number of sulfonamides is 1. The van der Waals surface area contributed by atoms with Crippen molar-refractivity contribution in [3.05, 3.63) is 6.61 Å². The molecule has 0 bridgehead atoms. The van der Waals surface area contributed by atoms with Crippen LogP contribution in [0.15, 0.2) is 0 Å². The van der Waals surface area contributed by atoms with E-state index in [2.05, 4.69) is 0 Å². The lowest BCUT2D eigenvalue weighted by Gasteiger charge is -2.11. The van der Waals surface area contributed by atoms with E-state index in [1.807, 2.05) is 0 Å². The molecule has 1 radical (unpaired) electrons. The van der Waals surface area contributed by atoms with E-state index in [-0.39, 0.29) is 0 Å². The summed E-state index contributed by atoms with van der Waals surface area (Å²) in [5.74, 6) is 0. The Labute approximate surface area is 61.5 Å². The topological polar surface area (TPSA) is 57.6 Å². The van der Waals surface area contributed by atoms with Crippen molar-refractivity contribution in [1.29, 1.82) is 0 Å². The molecule has 61 valence electrons. The molecule has 0 spiro atoms. The van der Waals surface area contributed by atoms with Crippen LogP contribution in [0.25, 0.3) is 0 Å². The van der Waals surface area contributed by atoms with Gasteiger partial charge in [0.25, 0.3) is 0 Å². The first-order valence-electron chi connectivity index (χ1n) is 2.85. The zero-order valence-corrected chi connectivity index (χ0v) is 6.93. The average Bonchev–Trinajstić information content (AvgIpc) is 1.80. The van der Waals surface area contributed by atoms with Gasteiger partial charge in [0.2, 0.25) is 10.0 Å². The van der Waals surface area contributed by atoms with Gasteiger partial charge in [-0.1, -0.05) is 0 Å². The van der Waals surface area contributed by atoms with Gasteiger partial charge >= 0.3 is 0 Å². The fourth-order valence-corrected chi connectivity index (χ4v) is 0.842. The molecule has 0 aromatic carbocycles. The number of hydrogen-bond acceptors (Lipinski definition) is 3. The van der Waals surface area contributed by atoms with Crippen LogP contribution in [-0.4, -0.2) is 37.7 Å². The Morgan fingerprint density at radius 2 is 2.10 bits per heavy atom. The van der Waals surface area contributed by atoms with Crippen LogP contribution in [0.3, 0.4) is 0 Å². The van der Waals surface area contributed by atoms with Crippen LogP contribution in [0.5, 0.6) is 0 Å². The predicted molar refractivity (Wildman–Crippen MR) is 38.3 cm³/mol. The molecular formula is C5H12NO3S. The molecule has 0 aliphatic rings. The van der Waals surface area contributed by atoms with Crippen molar-refractivity contribution in [1.82, 2.24) is 4.31 Å². The second-order valence-corrected chi connectivity index (χ2v) is 4.15. The van der Waals surface area contributed by atoms with E-state index in [1.165, 1.54) is 11.4 Å². The summed E-state index contributed by atoms with van der Waals surface area (Å²) in [7, 11) is -1.60. The van der Waals surface area contributed by atoms with Gasteiger partial charge in [-0.2, -0.15) is 0 Å². The molecule has 0 aliphatic heterocycles. The summed E-state index contributed by atoms with van der Waals surface area (Å²) in [4.78, 5) is 0. The lowest BCUT2D eigenvalue weighted by atomic mass is 10.5. The normalized spacial score (nSPS) is 12.4. The molecule has 0 saturated carbocycles. The number of aliphatic hydroxyl groups excluding tert-OH is 1. The maximum absolute atomic E-state index is 10.7. The average molecular weight is 166 g/mol. The van der Waals surface area contributed by atoms with Crippen LogP contribution in [0.4, 0.5) is 0 Å². The molecule has 0 fully saturated rings. The van der Waals surface area contributed by atoms with E-state index in [0.29, 0.717) is 13.0 Å². The highest BCUT2D eigenvalue weighted by Gasteiger charge is 2.08. The first kappa shape index (κ1) is 9.87. The van der Waals surface area contributed by atoms with Gasteiger partial charge in [0.15, 0.2) is 0 Å². The highest BCUT2D eigenvalue weighted by molar-refractivity contribution is 7.88. The SMILES string of the molecule is CN(CC[CH]O)S(C)(=O)=O. The quantitative estimate of drug-likeness (QED) is 0.629. The van der Waals surface area contributed by atoms with Crippen molar-refractivity contribution in [2.45, 2.75) is 6.42 Å². The maximum Gasteiger partial charge on any atom is 0.210 e. The Kier molecular flexibility index (Phi) is 3.85. The fraction of sp³-hybridized carbons (Fsp3) is 0.800. The lowest BCUT2D eigenvalue weighted by Crippen LogP contribution is -2.26. The van der Waals surface area contributed by atoms with Gasteiger partial charge in [0.1, 0.15) is 0 Å². The van der Waals surface area contributed by atoms with Crippen molar-refractivity contribution < 1.29 is 13.5 Å². The standard InChI is InChI=1S/C5H12NO3S/c1-6(4-3-5-7)10(2,8)9/h5,7H,3-4H2,1-2H3. The summed E-state index contributed by atoms with van der Waals surface area (Å²) in [6.07, 6.45) is 1.49. The fourth-order valence-electron chi connectivity index (χ4n) is 0.405. The molecule has 0 heterocycles. The van der Waals surface area contributed by atoms with Crippen molar-refractivity contribution >= 4 is 10.0 Å². The third-order valence-corrected chi connectivity index (χ3v) is 2.45. The smallest absolute Gasteiger partial charge is 0.210 e. The van der Waals surface area contributed by atoms with E-state index < -0.39 is 10.0 Å². The molecule has 0 rings (SSSR count). The summed E-state index contributed by atoms with van der Waals surface area (Å²) in [5, 5.41) is 8.23. The minimum atomic E-state index is -3.07. The molecule has 0 aliphatic carbocycles. The molecule has 4 nitrogen and oxygen atoms in total. The van der Waals surface area contributed by atoms with Crippen molar-refractivity contribution in [2.24, 2.45) is 0 Å². The Hall–Kier alpha value is -0.130. The van der Waals surface area contributed by atoms with E-state index in [9.17, 15) is 8.42 Å². The zero-order valence-electron chi connectivity index (χ0n) is 6.11. The van der Waals surface area contributed by atoms with E-state index in [4.69, 9.17) is 5.11 Å². The minimum absolute atomic E-state index is 0.329. The van der Waals surface area contributed by atoms with Crippen molar-refractivity contribution in [3.63, 3.8) is 0 Å². The number of nitrogens with zero attached hydrogens (tertiary/aromatic N) is 1. The third kappa shape index (κ3) is 3.81. The van der Waals surface area contributed by atoms with Gasteiger partial charge < -0.3 is 5.11 Å². The molecule has 0 unspecified atom stereocenters. The highest BCUT2D eigenvalue weighted by Crippen LogP contribution is 1.94. The molecule has 0 aromatic heterocycles. The maximum atomic E-state index is 10.7. The van der Waals surface area contributed by atoms with Gasteiger partial charge in [0.05, 0.1) is 12.9 Å². The van der Waals surface area contributed by atoms with Crippen molar-refractivity contribution in [3.8, 4) is 0 Å². The summed E-state index contributed by atoms with van der Waals surface area (Å²) in [6.45, 7) is 1.27. The highest BCUT2D eigenvalue weighted by atomic mass is 32.2. The second kappa shape index (κ2) is 3.90. The monoisotopic (exact) mass is 166 g/mol. The molecule has 1 N–H and O–H groups in total. The molecule has 0 amide bonds. The summed E-state index contributed by atoms with van der Waals surface area (Å²) < 4.78 is 22.5. The van der Waals surface area contributed by atoms with Crippen molar-refractivity contribution in [2.75, 3.05) is 19.8 Å². The van der Waals surface area contributed by atoms with E-state index in [0.717, 1.165) is 12.9 Å². The lowest BCUT2D eigenvalue weighted by molar-refractivity contribution is 0.355. The largest absolute Gasteiger partial charge is 0.390 e. The van der Waals surface area contributed by atoms with Crippen LogP contribution < -0.4 is 0 Å². The predicted octanol–water partition coefficient (Wildman–Crippen LogP) is -0.198. The summed E-state index contributed by atoms with van der Waals surface area (Å²) in [5.41, 5.74) is 0. The Morgan fingerprint density at radius 1 is 1.60 bits per heavy atom. The van der Waals surface area contributed by atoms with Gasteiger partial charge in [-0.05, 0) is 6.42 Å². The number of aliphatic hydroxyl groups is 1. The molecule has 5 heteroatoms. The molecule has 0 aromatic rings. The van der Waals surface area contributed by atoms with E-state index >= 15 is 0 Å². The molecule has 0 saturated heterocycles. The Bertz CT molecular complexity index is 175. The first-order chi connectivity index (χ1) is 4.48. The molecular weight excluding hydrogens is 154 g/mol. The third-order valence-electron chi connectivity index (χ3n) is 1.14. The molecule has 10 heavy (non-hydrogen) atoms. The number of rotatable bonds is 4. The van der Waals surface area contributed by atoms with E-state index in [1.54, 1.807) is 0 Å². The van der Waals surface area contributed by atoms with Gasteiger partial charge in [-0.3, -0.25) is 0 Å². The van der Waals surface area contributed by atoms with Crippen LogP contribution >= 0.6 is 0 Å². The van der Waals surface area contributed by atoms with Gasteiger partial charge in [-0.25, -0.2) is 12.7 Å². The van der Waals surface area contributed by atoms with Gasteiger partial charge in [-0.15, -0.1) is 0 Å². The number of hydrogen-bond donors (Lipinski definition) is 1. The van der Waals surface area contributed by atoms with Crippen LogP contribution in [0, 0.1) is 6.61 Å². The first-order valence-corrected chi connectivity index (χ1v) is 4.70. The van der Waals surface area contributed by atoms with Crippen LogP contribution in [0.1, 0.15) is 6.42 Å². The van der Waals surface area contributed by atoms with Crippen LogP contribution in [0.2, 0.25) is 0 Å². The Morgan fingerprint density at radius 3 is 2.40 bits per heavy atom. The summed E-state index contributed by atoms with van der Waals surface area (Å²) in [6, 6.07) is 0. The minimum Gasteiger partial charge on any atom is -0.390 e. The molecule has 0 atom stereocenters.